The number of nitrogens with one attached hydrogen (secondary N) is 1. The average molecular weight is 344 g/mol. The molecule has 1 aliphatic heterocycles. The van der Waals surface area contributed by atoms with Gasteiger partial charge in [-0.2, -0.15) is 5.10 Å². The fraction of sp³-hybridized carbons (Fsp3) is 0.312. The zero-order valence-electron chi connectivity index (χ0n) is 13.5. The predicted molar refractivity (Wildman–Crippen MR) is 86.8 cm³/mol. The third kappa shape index (κ3) is 3.35. The molecule has 3 amide bonds. The van der Waals surface area contributed by atoms with Crippen LogP contribution in [0.25, 0.3) is 10.8 Å². The first-order valence-corrected chi connectivity index (χ1v) is 7.66. The highest BCUT2D eigenvalue weighted by Crippen LogP contribution is 2.14. The quantitative estimate of drug-likeness (QED) is 0.754. The topological polar surface area (TPSA) is 111 Å². The highest BCUT2D eigenvalue weighted by molar-refractivity contribution is 5.97. The number of benzene rings is 1. The molecule has 130 valence electrons. The third-order valence-electron chi connectivity index (χ3n) is 3.86. The van der Waals surface area contributed by atoms with Crippen LogP contribution in [-0.2, 0) is 27.8 Å². The fourth-order valence-electron chi connectivity index (χ4n) is 2.62. The van der Waals surface area contributed by atoms with Crippen molar-refractivity contribution in [1.82, 2.24) is 20.0 Å². The lowest BCUT2D eigenvalue weighted by Gasteiger charge is -2.12. The van der Waals surface area contributed by atoms with E-state index in [9.17, 15) is 19.2 Å². The minimum Gasteiger partial charge on any atom is -0.455 e. The Morgan fingerprint density at radius 2 is 1.96 bits per heavy atom. The Kier molecular flexibility index (Phi) is 4.46. The Labute approximate surface area is 142 Å². The molecule has 0 bridgehead atoms. The van der Waals surface area contributed by atoms with Crippen LogP contribution >= 0.6 is 0 Å². The summed E-state index contributed by atoms with van der Waals surface area (Å²) in [5.74, 6) is -1.24. The van der Waals surface area contributed by atoms with Crippen molar-refractivity contribution in [3.05, 3.63) is 40.3 Å². The van der Waals surface area contributed by atoms with Gasteiger partial charge in [0, 0.05) is 25.5 Å². The number of aryl methyl sites for hydroxylation is 1. The number of carbonyl (C=O) groups excluding carboxylic acids is 3. The van der Waals surface area contributed by atoms with E-state index in [1.54, 1.807) is 24.3 Å². The number of esters is 1. The molecule has 0 radical (unpaired) electrons. The molecule has 1 aromatic heterocycles. The van der Waals surface area contributed by atoms with Gasteiger partial charge in [-0.25, -0.2) is 9.48 Å². The van der Waals surface area contributed by atoms with Gasteiger partial charge >= 0.3 is 12.0 Å². The molecule has 1 aromatic carbocycles. The van der Waals surface area contributed by atoms with E-state index >= 15 is 0 Å². The van der Waals surface area contributed by atoms with Crippen LogP contribution in [0.2, 0.25) is 0 Å². The summed E-state index contributed by atoms with van der Waals surface area (Å²) in [7, 11) is 1.50. The fourth-order valence-corrected chi connectivity index (χ4v) is 2.62. The van der Waals surface area contributed by atoms with Gasteiger partial charge in [0.2, 0.25) is 0 Å². The van der Waals surface area contributed by atoms with Gasteiger partial charge in [0.05, 0.1) is 17.5 Å². The summed E-state index contributed by atoms with van der Waals surface area (Å²) in [5, 5.41) is 7.61. The van der Waals surface area contributed by atoms with Gasteiger partial charge in [-0.3, -0.25) is 19.3 Å². The number of ether oxygens (including phenoxy) is 1. The Morgan fingerprint density at radius 1 is 1.24 bits per heavy atom. The highest BCUT2D eigenvalue weighted by atomic mass is 16.5. The minimum absolute atomic E-state index is 0.186. The van der Waals surface area contributed by atoms with Crippen molar-refractivity contribution in [2.75, 3.05) is 19.7 Å². The average Bonchev–Trinajstić information content (AvgIpc) is 3.03. The first kappa shape index (κ1) is 16.6. The maximum Gasteiger partial charge on any atom is 0.324 e. The summed E-state index contributed by atoms with van der Waals surface area (Å²) in [6.07, 6.45) is -0.186. The number of hydrogen-bond acceptors (Lipinski definition) is 6. The maximum atomic E-state index is 12.1. The second-order valence-electron chi connectivity index (χ2n) is 5.54. The molecule has 0 spiro atoms. The van der Waals surface area contributed by atoms with E-state index in [1.165, 1.54) is 7.05 Å². The van der Waals surface area contributed by atoms with E-state index in [0.29, 0.717) is 23.0 Å². The minimum atomic E-state index is -0.663. The molecule has 1 saturated heterocycles. The largest absolute Gasteiger partial charge is 0.455 e. The number of nitrogens with zero attached hydrogens (tertiary/aromatic N) is 3. The first-order valence-electron chi connectivity index (χ1n) is 7.66. The van der Waals surface area contributed by atoms with Crippen molar-refractivity contribution in [2.45, 2.75) is 6.42 Å². The van der Waals surface area contributed by atoms with Crippen LogP contribution in [0.15, 0.2) is 29.1 Å². The molecule has 2 aromatic rings. The number of rotatable bonds is 4. The Bertz CT molecular complexity index is 920. The first-order chi connectivity index (χ1) is 12.0. The maximum absolute atomic E-state index is 12.1. The van der Waals surface area contributed by atoms with Gasteiger partial charge in [0.15, 0.2) is 6.61 Å². The molecule has 9 heteroatoms. The van der Waals surface area contributed by atoms with E-state index in [2.05, 4.69) is 10.4 Å². The summed E-state index contributed by atoms with van der Waals surface area (Å²) < 4.78 is 6.11. The molecule has 0 unspecified atom stereocenters. The number of urea groups is 1. The van der Waals surface area contributed by atoms with Gasteiger partial charge in [0.25, 0.3) is 11.5 Å². The molecule has 1 N–H and O–H groups in total. The van der Waals surface area contributed by atoms with Crippen molar-refractivity contribution in [1.29, 1.82) is 0 Å². The van der Waals surface area contributed by atoms with E-state index < -0.39 is 24.5 Å². The van der Waals surface area contributed by atoms with Gasteiger partial charge in [-0.05, 0) is 6.07 Å². The Balaban J connectivity index is 1.70. The van der Waals surface area contributed by atoms with Crippen molar-refractivity contribution < 1.29 is 19.1 Å². The van der Waals surface area contributed by atoms with E-state index in [0.717, 1.165) is 9.58 Å². The molecule has 1 aliphatic rings. The lowest BCUT2D eigenvalue weighted by Crippen LogP contribution is -2.37. The number of fused-ring (bicyclic) bond motifs is 1. The summed E-state index contributed by atoms with van der Waals surface area (Å²) in [6, 6.07) is 6.33. The van der Waals surface area contributed by atoms with Crippen LogP contribution in [0.1, 0.15) is 5.69 Å². The normalized spacial score (nSPS) is 13.8. The molecular formula is C16H16N4O5. The number of amides is 3. The monoisotopic (exact) mass is 344 g/mol. The summed E-state index contributed by atoms with van der Waals surface area (Å²) in [6.45, 7) is 0.116. The Morgan fingerprint density at radius 3 is 2.64 bits per heavy atom. The summed E-state index contributed by atoms with van der Waals surface area (Å²) >= 11 is 0. The SMILES string of the molecule is Cn1nc(CC(=O)OCC(=O)N2CCNC2=O)c2ccccc2c1=O. The molecule has 9 nitrogen and oxygen atoms in total. The van der Waals surface area contributed by atoms with Gasteiger partial charge in [-0.15, -0.1) is 0 Å². The van der Waals surface area contributed by atoms with Gasteiger partial charge in [-0.1, -0.05) is 18.2 Å². The number of imide groups is 1. The van der Waals surface area contributed by atoms with Gasteiger partial charge in [0.1, 0.15) is 0 Å². The number of aromatic nitrogens is 2. The molecule has 3 rings (SSSR count). The summed E-state index contributed by atoms with van der Waals surface area (Å²) in [4.78, 5) is 48.3. The lowest BCUT2D eigenvalue weighted by molar-refractivity contribution is -0.150. The molecule has 1 fully saturated rings. The standard InChI is InChI=1S/C16H16N4O5/c1-19-15(23)11-5-3-2-4-10(11)12(18-19)8-14(22)25-9-13(21)20-7-6-17-16(20)24/h2-5H,6-9H2,1H3,(H,17,24). The molecule has 0 aliphatic carbocycles. The zero-order valence-corrected chi connectivity index (χ0v) is 13.5. The van der Waals surface area contributed by atoms with E-state index in [-0.39, 0.29) is 18.5 Å². The highest BCUT2D eigenvalue weighted by Gasteiger charge is 2.26. The molecule has 25 heavy (non-hydrogen) atoms. The van der Waals surface area contributed by atoms with Gasteiger partial charge < -0.3 is 10.1 Å². The van der Waals surface area contributed by atoms with Crippen LogP contribution in [0, 0.1) is 0 Å². The van der Waals surface area contributed by atoms with Crippen molar-refractivity contribution in [2.24, 2.45) is 7.05 Å². The van der Waals surface area contributed by atoms with Crippen molar-refractivity contribution >= 4 is 28.7 Å². The lowest BCUT2D eigenvalue weighted by atomic mass is 10.1. The zero-order chi connectivity index (χ0) is 18.0. The summed E-state index contributed by atoms with van der Waals surface area (Å²) in [5.41, 5.74) is 0.122. The predicted octanol–water partition coefficient (Wildman–Crippen LogP) is -0.429. The third-order valence-corrected chi connectivity index (χ3v) is 3.86. The van der Waals surface area contributed by atoms with Crippen LogP contribution in [-0.4, -0.2) is 52.3 Å². The van der Waals surface area contributed by atoms with Crippen molar-refractivity contribution in [3.63, 3.8) is 0 Å². The van der Waals surface area contributed by atoms with E-state index in [4.69, 9.17) is 4.74 Å². The van der Waals surface area contributed by atoms with Crippen LogP contribution < -0.4 is 10.9 Å². The second kappa shape index (κ2) is 6.71. The van der Waals surface area contributed by atoms with Crippen molar-refractivity contribution in [3.8, 4) is 0 Å². The van der Waals surface area contributed by atoms with Crippen LogP contribution in [0.3, 0.4) is 0 Å². The van der Waals surface area contributed by atoms with E-state index in [1.807, 2.05) is 0 Å². The molecular weight excluding hydrogens is 328 g/mol. The molecule has 0 saturated carbocycles. The number of carbonyl (C=O) groups is 3. The van der Waals surface area contributed by atoms with Crippen LogP contribution in [0.5, 0.6) is 0 Å². The Hall–Kier alpha value is -3.23. The molecule has 0 atom stereocenters. The second-order valence-corrected chi connectivity index (χ2v) is 5.54. The van der Waals surface area contributed by atoms with Crippen LogP contribution in [0.4, 0.5) is 4.79 Å². The number of hydrogen-bond donors (Lipinski definition) is 1. The smallest absolute Gasteiger partial charge is 0.324 e. The molecule has 2 heterocycles.